The number of nitro groups is 1. The Balaban J connectivity index is 2.51. The number of benzene rings is 1. The summed E-state index contributed by atoms with van der Waals surface area (Å²) in [6, 6.07) is 3.59. The lowest BCUT2D eigenvalue weighted by Gasteiger charge is -2.35. The van der Waals surface area contributed by atoms with Crippen LogP contribution in [-0.2, 0) is 0 Å². The van der Waals surface area contributed by atoms with Crippen molar-refractivity contribution in [3.8, 4) is 5.75 Å². The molecule has 1 atom stereocenters. The Hall–Kier alpha value is -1.30. The number of piperidine rings is 1. The fourth-order valence-corrected chi connectivity index (χ4v) is 3.19. The van der Waals surface area contributed by atoms with Gasteiger partial charge in [0.25, 0.3) is 5.69 Å². The molecule has 0 unspecified atom stereocenters. The number of ether oxygens (including phenoxy) is 1. The number of hydrogen-bond acceptors (Lipinski definition) is 4. The second-order valence-electron chi connectivity index (χ2n) is 4.77. The molecule has 1 aromatic rings. The highest BCUT2D eigenvalue weighted by molar-refractivity contribution is 9.10. The van der Waals surface area contributed by atoms with Gasteiger partial charge in [0.15, 0.2) is 0 Å². The number of rotatable bonds is 3. The lowest BCUT2D eigenvalue weighted by molar-refractivity contribution is -0.384. The van der Waals surface area contributed by atoms with Crippen molar-refractivity contribution in [2.45, 2.75) is 32.2 Å². The first kappa shape index (κ1) is 14.1. The average Bonchev–Trinajstić information content (AvgIpc) is 2.38. The molecule has 1 aromatic carbocycles. The monoisotopic (exact) mass is 328 g/mol. The van der Waals surface area contributed by atoms with Crippen molar-refractivity contribution in [2.75, 3.05) is 18.6 Å². The van der Waals surface area contributed by atoms with Gasteiger partial charge < -0.3 is 9.64 Å². The Morgan fingerprint density at radius 1 is 1.47 bits per heavy atom. The lowest BCUT2D eigenvalue weighted by atomic mass is 10.0. The van der Waals surface area contributed by atoms with Gasteiger partial charge in [-0.1, -0.05) is 0 Å². The summed E-state index contributed by atoms with van der Waals surface area (Å²) in [5.41, 5.74) is 0.762. The van der Waals surface area contributed by atoms with E-state index in [0.717, 1.165) is 19.4 Å². The predicted molar refractivity (Wildman–Crippen MR) is 78.0 cm³/mol. The standard InChI is InChI=1S/C13H17BrN2O3/c1-9-5-3-4-6-15(9)13-11(14)7-10(19-2)8-12(13)16(17)18/h7-9H,3-6H2,1-2H3/t9-/m1/s1. The molecule has 0 bridgehead atoms. The minimum absolute atomic E-state index is 0.0972. The second-order valence-corrected chi connectivity index (χ2v) is 5.63. The second kappa shape index (κ2) is 5.77. The summed E-state index contributed by atoms with van der Waals surface area (Å²) in [4.78, 5) is 13.1. The van der Waals surface area contributed by atoms with E-state index in [1.807, 2.05) is 0 Å². The number of nitrogens with zero attached hydrogens (tertiary/aromatic N) is 2. The maximum atomic E-state index is 11.3. The molecule has 19 heavy (non-hydrogen) atoms. The average molecular weight is 329 g/mol. The number of anilines is 1. The van der Waals surface area contributed by atoms with Gasteiger partial charge in [-0.2, -0.15) is 0 Å². The number of methoxy groups -OCH3 is 1. The van der Waals surface area contributed by atoms with Crippen LogP contribution in [0.1, 0.15) is 26.2 Å². The molecule has 104 valence electrons. The summed E-state index contributed by atoms with van der Waals surface area (Å²) in [6.45, 7) is 2.96. The third-order valence-electron chi connectivity index (χ3n) is 3.54. The van der Waals surface area contributed by atoms with Gasteiger partial charge in [-0.3, -0.25) is 10.1 Å². The molecule has 0 saturated carbocycles. The molecule has 0 amide bonds. The predicted octanol–water partition coefficient (Wildman–Crippen LogP) is 3.74. The van der Waals surface area contributed by atoms with Crippen LogP contribution in [0.15, 0.2) is 16.6 Å². The first-order chi connectivity index (χ1) is 9.04. The zero-order valence-electron chi connectivity index (χ0n) is 11.1. The molecule has 1 aliphatic heterocycles. The molecule has 0 aliphatic carbocycles. The fraction of sp³-hybridized carbons (Fsp3) is 0.538. The molecule has 1 fully saturated rings. The maximum absolute atomic E-state index is 11.3. The number of nitro benzene ring substituents is 1. The van der Waals surface area contributed by atoms with Crippen molar-refractivity contribution in [1.29, 1.82) is 0 Å². The van der Waals surface area contributed by atoms with Crippen molar-refractivity contribution in [2.24, 2.45) is 0 Å². The van der Waals surface area contributed by atoms with Crippen LogP contribution in [0.25, 0.3) is 0 Å². The van der Waals surface area contributed by atoms with Crippen molar-refractivity contribution in [1.82, 2.24) is 0 Å². The van der Waals surface area contributed by atoms with E-state index in [9.17, 15) is 10.1 Å². The summed E-state index contributed by atoms with van der Waals surface area (Å²) >= 11 is 3.44. The number of halogens is 1. The molecule has 1 saturated heterocycles. The van der Waals surface area contributed by atoms with E-state index in [-0.39, 0.29) is 10.6 Å². The molecular weight excluding hydrogens is 312 g/mol. The summed E-state index contributed by atoms with van der Waals surface area (Å²) in [5.74, 6) is 0.493. The third kappa shape index (κ3) is 2.83. The molecule has 1 aliphatic rings. The molecule has 0 aromatic heterocycles. The van der Waals surface area contributed by atoms with Crippen LogP contribution >= 0.6 is 15.9 Å². The van der Waals surface area contributed by atoms with E-state index in [2.05, 4.69) is 27.8 Å². The Bertz CT molecular complexity index is 493. The van der Waals surface area contributed by atoms with E-state index >= 15 is 0 Å². The van der Waals surface area contributed by atoms with E-state index in [1.165, 1.54) is 19.6 Å². The Morgan fingerprint density at radius 3 is 2.79 bits per heavy atom. The molecular formula is C13H17BrN2O3. The van der Waals surface area contributed by atoms with Crippen LogP contribution in [0.2, 0.25) is 0 Å². The topological polar surface area (TPSA) is 55.6 Å². The van der Waals surface area contributed by atoms with Gasteiger partial charge in [0, 0.05) is 12.6 Å². The first-order valence-electron chi connectivity index (χ1n) is 6.33. The largest absolute Gasteiger partial charge is 0.496 e. The van der Waals surface area contributed by atoms with Crippen LogP contribution in [0.4, 0.5) is 11.4 Å². The van der Waals surface area contributed by atoms with Gasteiger partial charge >= 0.3 is 0 Å². The van der Waals surface area contributed by atoms with Crippen molar-refractivity contribution in [3.05, 3.63) is 26.7 Å². The molecule has 0 spiro atoms. The molecule has 2 rings (SSSR count). The van der Waals surface area contributed by atoms with Gasteiger partial charge in [-0.15, -0.1) is 0 Å². The fourth-order valence-electron chi connectivity index (χ4n) is 2.53. The van der Waals surface area contributed by atoms with Gasteiger partial charge in [0.1, 0.15) is 11.4 Å². The van der Waals surface area contributed by atoms with Gasteiger partial charge in [0.05, 0.1) is 22.6 Å². The van der Waals surface area contributed by atoms with Gasteiger partial charge in [0.2, 0.25) is 0 Å². The lowest BCUT2D eigenvalue weighted by Crippen LogP contribution is -2.38. The SMILES string of the molecule is COc1cc(Br)c(N2CCCC[C@H]2C)c([N+](=O)[O-])c1. The molecule has 6 heteroatoms. The highest BCUT2D eigenvalue weighted by Gasteiger charge is 2.28. The highest BCUT2D eigenvalue weighted by atomic mass is 79.9. The summed E-state index contributed by atoms with van der Waals surface area (Å²) < 4.78 is 5.82. The van der Waals surface area contributed by atoms with Crippen LogP contribution in [0, 0.1) is 10.1 Å². The Morgan fingerprint density at radius 2 is 2.21 bits per heavy atom. The maximum Gasteiger partial charge on any atom is 0.297 e. The van der Waals surface area contributed by atoms with Crippen LogP contribution in [0.3, 0.4) is 0 Å². The minimum atomic E-state index is -0.343. The van der Waals surface area contributed by atoms with Crippen LogP contribution < -0.4 is 9.64 Å². The molecule has 1 heterocycles. The molecule has 0 radical (unpaired) electrons. The zero-order valence-corrected chi connectivity index (χ0v) is 12.6. The summed E-state index contributed by atoms with van der Waals surface area (Å²) in [6.07, 6.45) is 3.31. The van der Waals surface area contributed by atoms with E-state index < -0.39 is 0 Å². The quantitative estimate of drug-likeness (QED) is 0.626. The zero-order chi connectivity index (χ0) is 14.0. The molecule has 0 N–H and O–H groups in total. The van der Waals surface area contributed by atoms with E-state index in [4.69, 9.17) is 4.74 Å². The van der Waals surface area contributed by atoms with Crippen molar-refractivity contribution >= 4 is 27.3 Å². The molecule has 5 nitrogen and oxygen atoms in total. The minimum Gasteiger partial charge on any atom is -0.496 e. The normalized spacial score (nSPS) is 19.3. The van der Waals surface area contributed by atoms with Gasteiger partial charge in [-0.25, -0.2) is 0 Å². The van der Waals surface area contributed by atoms with E-state index in [0.29, 0.717) is 22.0 Å². The number of hydrogen-bond donors (Lipinski definition) is 0. The smallest absolute Gasteiger partial charge is 0.297 e. The Labute approximate surface area is 120 Å². The van der Waals surface area contributed by atoms with Crippen LogP contribution in [0.5, 0.6) is 5.75 Å². The van der Waals surface area contributed by atoms with Crippen LogP contribution in [-0.4, -0.2) is 24.6 Å². The van der Waals surface area contributed by atoms with Crippen molar-refractivity contribution < 1.29 is 9.66 Å². The highest BCUT2D eigenvalue weighted by Crippen LogP contribution is 2.41. The first-order valence-corrected chi connectivity index (χ1v) is 7.12. The summed E-state index contributed by atoms with van der Waals surface area (Å²) in [5, 5.41) is 11.3. The Kier molecular flexibility index (Phi) is 4.29. The van der Waals surface area contributed by atoms with Gasteiger partial charge in [-0.05, 0) is 48.2 Å². The van der Waals surface area contributed by atoms with Crippen molar-refractivity contribution in [3.63, 3.8) is 0 Å². The summed E-state index contributed by atoms with van der Waals surface area (Å²) in [7, 11) is 1.51. The van der Waals surface area contributed by atoms with E-state index in [1.54, 1.807) is 6.07 Å². The third-order valence-corrected chi connectivity index (χ3v) is 4.14.